The Kier molecular flexibility index (Phi) is 6.88. The molecule has 1 fully saturated rings. The molecule has 2 aliphatic rings. The number of rotatable bonds is 5. The quantitative estimate of drug-likeness (QED) is 0.540. The molecule has 182 valence electrons. The van der Waals surface area contributed by atoms with Crippen LogP contribution in [0.1, 0.15) is 44.6 Å². The van der Waals surface area contributed by atoms with Gasteiger partial charge in [0.05, 0.1) is 22.1 Å². The van der Waals surface area contributed by atoms with Gasteiger partial charge in [0.1, 0.15) is 24.2 Å². The van der Waals surface area contributed by atoms with Gasteiger partial charge < -0.3 is 19.7 Å². The van der Waals surface area contributed by atoms with Crippen LogP contribution >= 0.6 is 22.9 Å². The first kappa shape index (κ1) is 23.6. The van der Waals surface area contributed by atoms with Gasteiger partial charge in [-0.05, 0) is 37.1 Å². The predicted molar refractivity (Wildman–Crippen MR) is 130 cm³/mol. The molecule has 5 rings (SSSR count). The summed E-state index contributed by atoms with van der Waals surface area (Å²) in [6.45, 7) is 1.60. The number of likely N-dealkylation sites (tertiary alicyclic amines) is 1. The normalized spacial score (nSPS) is 17.8. The maximum Gasteiger partial charge on any atom is 0.270 e. The Morgan fingerprint density at radius 3 is 2.69 bits per heavy atom. The Bertz CT molecular complexity index is 1220. The summed E-state index contributed by atoms with van der Waals surface area (Å²) in [4.78, 5) is 31.5. The number of carbonyl (C=O) groups excluding carboxylic acids is 2. The van der Waals surface area contributed by atoms with E-state index >= 15 is 0 Å². The number of para-hydroxylation sites is 2. The lowest BCUT2D eigenvalue weighted by Crippen LogP contribution is -2.40. The van der Waals surface area contributed by atoms with E-state index in [0.29, 0.717) is 56.3 Å². The predicted octanol–water partition coefficient (Wildman–Crippen LogP) is 4.53. The molecule has 2 aromatic carbocycles. The first-order valence-corrected chi connectivity index (χ1v) is 12.6. The summed E-state index contributed by atoms with van der Waals surface area (Å²) in [7, 11) is 0. The van der Waals surface area contributed by atoms with Gasteiger partial charge >= 0.3 is 0 Å². The number of amides is 2. The molecule has 1 N–H and O–H groups in total. The van der Waals surface area contributed by atoms with E-state index in [2.05, 4.69) is 10.3 Å². The van der Waals surface area contributed by atoms with Crippen molar-refractivity contribution >= 4 is 34.8 Å². The lowest BCUT2D eigenvalue weighted by atomic mass is 9.97. The molecule has 1 saturated heterocycles. The van der Waals surface area contributed by atoms with Crippen LogP contribution < -0.4 is 14.8 Å². The zero-order chi connectivity index (χ0) is 24.4. The minimum atomic E-state index is -0.616. The van der Waals surface area contributed by atoms with Gasteiger partial charge in [0.25, 0.3) is 11.8 Å². The number of hydrogen-bond acceptors (Lipinski definition) is 6. The second-order valence-corrected chi connectivity index (χ2v) is 9.74. The first-order valence-electron chi connectivity index (χ1n) is 11.3. The van der Waals surface area contributed by atoms with Gasteiger partial charge in [-0.25, -0.2) is 9.37 Å². The second-order valence-electron chi connectivity index (χ2n) is 8.44. The molecule has 0 saturated carbocycles. The van der Waals surface area contributed by atoms with E-state index in [0.717, 1.165) is 5.01 Å². The molecular formula is C25H23ClFN3O4S. The van der Waals surface area contributed by atoms with Crippen molar-refractivity contribution in [2.45, 2.75) is 24.9 Å². The Labute approximate surface area is 210 Å². The van der Waals surface area contributed by atoms with Crippen molar-refractivity contribution in [3.63, 3.8) is 0 Å². The highest BCUT2D eigenvalue weighted by Gasteiger charge is 2.29. The number of halogens is 2. The van der Waals surface area contributed by atoms with Crippen LogP contribution in [0.5, 0.6) is 11.5 Å². The van der Waals surface area contributed by atoms with E-state index in [9.17, 15) is 14.0 Å². The van der Waals surface area contributed by atoms with Crippen LogP contribution in [0.25, 0.3) is 0 Å². The number of piperidine rings is 1. The Morgan fingerprint density at radius 2 is 1.91 bits per heavy atom. The number of nitrogens with zero attached hydrogens (tertiary/aromatic N) is 2. The summed E-state index contributed by atoms with van der Waals surface area (Å²) >= 11 is 7.48. The topological polar surface area (TPSA) is 80.8 Å². The summed E-state index contributed by atoms with van der Waals surface area (Å²) in [6.07, 6.45) is 1.08. The lowest BCUT2D eigenvalue weighted by molar-refractivity contribution is 0.0708. The molecular weight excluding hydrogens is 493 g/mol. The fourth-order valence-corrected chi connectivity index (χ4v) is 5.45. The molecule has 1 aromatic heterocycles. The van der Waals surface area contributed by atoms with E-state index in [4.69, 9.17) is 21.1 Å². The van der Waals surface area contributed by atoms with Crippen LogP contribution in [0.4, 0.5) is 4.39 Å². The van der Waals surface area contributed by atoms with Crippen molar-refractivity contribution in [1.29, 1.82) is 0 Å². The van der Waals surface area contributed by atoms with E-state index in [-0.39, 0.29) is 28.5 Å². The molecule has 10 heteroatoms. The van der Waals surface area contributed by atoms with Crippen molar-refractivity contribution in [2.75, 3.05) is 26.2 Å². The average Bonchev–Trinajstić information content (AvgIpc) is 3.38. The Balaban J connectivity index is 1.13. The van der Waals surface area contributed by atoms with Gasteiger partial charge in [0, 0.05) is 24.4 Å². The SMILES string of the molecule is O=C(NCC1COc2ccccc2O1)c1csc(C2CCN(C(=O)c3c(F)cccc3Cl)CC2)n1. The van der Waals surface area contributed by atoms with Crippen molar-refractivity contribution in [2.24, 2.45) is 0 Å². The average molecular weight is 516 g/mol. The van der Waals surface area contributed by atoms with Crippen molar-refractivity contribution in [3.8, 4) is 11.5 Å². The summed E-state index contributed by atoms with van der Waals surface area (Å²) < 4.78 is 25.7. The third kappa shape index (κ3) is 5.11. The van der Waals surface area contributed by atoms with E-state index in [1.807, 2.05) is 24.3 Å². The van der Waals surface area contributed by atoms with E-state index < -0.39 is 11.7 Å². The number of fused-ring (bicyclic) bond motifs is 1. The number of nitrogens with one attached hydrogen (secondary N) is 1. The molecule has 35 heavy (non-hydrogen) atoms. The lowest BCUT2D eigenvalue weighted by Gasteiger charge is -2.31. The molecule has 7 nitrogen and oxygen atoms in total. The van der Waals surface area contributed by atoms with E-state index in [1.54, 1.807) is 10.3 Å². The van der Waals surface area contributed by atoms with Gasteiger partial charge in [-0.3, -0.25) is 9.59 Å². The fourth-order valence-electron chi connectivity index (χ4n) is 4.23. The molecule has 2 aliphatic heterocycles. The smallest absolute Gasteiger partial charge is 0.270 e. The van der Waals surface area contributed by atoms with Crippen LogP contribution in [0.3, 0.4) is 0 Å². The van der Waals surface area contributed by atoms with Gasteiger partial charge in [0.15, 0.2) is 11.5 Å². The van der Waals surface area contributed by atoms with Gasteiger partial charge in [-0.1, -0.05) is 29.8 Å². The van der Waals surface area contributed by atoms with Crippen LogP contribution in [0.2, 0.25) is 5.02 Å². The number of carbonyl (C=O) groups is 2. The molecule has 1 unspecified atom stereocenters. The number of ether oxygens (including phenoxy) is 2. The molecule has 0 spiro atoms. The van der Waals surface area contributed by atoms with Gasteiger partial charge in [0.2, 0.25) is 0 Å². The zero-order valence-electron chi connectivity index (χ0n) is 18.7. The number of thiazole rings is 1. The maximum atomic E-state index is 14.1. The molecule has 3 aromatic rings. The third-order valence-corrected chi connectivity index (χ3v) is 7.44. The van der Waals surface area contributed by atoms with Crippen LogP contribution in [0.15, 0.2) is 47.8 Å². The summed E-state index contributed by atoms with van der Waals surface area (Å²) in [6, 6.07) is 11.7. The second kappa shape index (κ2) is 10.2. The van der Waals surface area contributed by atoms with E-state index in [1.165, 1.54) is 29.5 Å². The minimum Gasteiger partial charge on any atom is -0.486 e. The summed E-state index contributed by atoms with van der Waals surface area (Å²) in [5.74, 6) is 0.210. The number of aromatic nitrogens is 1. The molecule has 0 radical (unpaired) electrons. The van der Waals surface area contributed by atoms with Crippen molar-refractivity contribution in [1.82, 2.24) is 15.2 Å². The van der Waals surface area contributed by atoms with Crippen LogP contribution in [-0.2, 0) is 0 Å². The highest BCUT2D eigenvalue weighted by molar-refractivity contribution is 7.09. The van der Waals surface area contributed by atoms with Gasteiger partial charge in [-0.2, -0.15) is 0 Å². The Morgan fingerprint density at radius 1 is 1.14 bits per heavy atom. The van der Waals surface area contributed by atoms with Crippen molar-refractivity contribution < 1.29 is 23.5 Å². The summed E-state index contributed by atoms with van der Waals surface area (Å²) in [5, 5.41) is 5.58. The zero-order valence-corrected chi connectivity index (χ0v) is 20.3. The molecule has 0 aliphatic carbocycles. The Hall–Kier alpha value is -3.17. The van der Waals surface area contributed by atoms with Crippen LogP contribution in [-0.4, -0.2) is 54.0 Å². The third-order valence-electron chi connectivity index (χ3n) is 6.12. The maximum absolute atomic E-state index is 14.1. The molecule has 1 atom stereocenters. The van der Waals surface area contributed by atoms with Crippen molar-refractivity contribution in [3.05, 3.63) is 74.9 Å². The number of benzene rings is 2. The molecule has 2 amide bonds. The summed E-state index contributed by atoms with van der Waals surface area (Å²) in [5.41, 5.74) is 0.274. The molecule has 0 bridgehead atoms. The molecule has 3 heterocycles. The minimum absolute atomic E-state index is 0.0864. The fraction of sp³-hybridized carbons (Fsp3) is 0.320. The largest absolute Gasteiger partial charge is 0.486 e. The standard InChI is InChI=1S/C25H23ClFN3O4S/c26-17-4-3-5-18(27)22(17)25(32)30-10-8-15(9-11-30)24-29-19(14-35-24)23(31)28-12-16-13-33-20-6-1-2-7-21(20)34-16/h1-7,14-16H,8-13H2,(H,28,31). The highest BCUT2D eigenvalue weighted by Crippen LogP contribution is 2.32. The monoisotopic (exact) mass is 515 g/mol. The van der Waals surface area contributed by atoms with Crippen LogP contribution in [0, 0.1) is 5.82 Å². The van der Waals surface area contributed by atoms with Gasteiger partial charge in [-0.15, -0.1) is 11.3 Å². The highest BCUT2D eigenvalue weighted by atomic mass is 35.5. The first-order chi connectivity index (χ1) is 17.0. The number of hydrogen-bond donors (Lipinski definition) is 1.